The molecule has 0 spiro atoms. The molecule has 1 fully saturated rings. The molecule has 0 aliphatic heterocycles. The van der Waals surface area contributed by atoms with E-state index in [9.17, 15) is 5.11 Å². The zero-order chi connectivity index (χ0) is 16.4. The van der Waals surface area contributed by atoms with Crippen molar-refractivity contribution in [1.82, 2.24) is 9.78 Å². The third-order valence-electron chi connectivity index (χ3n) is 4.07. The molecule has 5 nitrogen and oxygen atoms in total. The number of hydrogen-bond donors (Lipinski definition) is 1. The molecular weight excluding hydrogens is 334 g/mol. The molecule has 0 atom stereocenters. The maximum Gasteiger partial charge on any atom is 0.203 e. The topological polar surface area (TPSA) is 59.6 Å². The fourth-order valence-electron chi connectivity index (χ4n) is 2.80. The number of ether oxygens (including phenoxy) is 1. The van der Waals surface area contributed by atoms with Crippen molar-refractivity contribution >= 4 is 22.9 Å². The SMILES string of the molecule is COc1cc(-c2nn(C)c(=NC3CCCCC3)s2)cc(Cl)c1O. The van der Waals surface area contributed by atoms with E-state index < -0.39 is 0 Å². The van der Waals surface area contributed by atoms with E-state index in [1.807, 2.05) is 11.7 Å². The van der Waals surface area contributed by atoms with Crippen molar-refractivity contribution in [3.8, 4) is 22.1 Å². The van der Waals surface area contributed by atoms with E-state index in [2.05, 4.69) is 5.10 Å². The summed E-state index contributed by atoms with van der Waals surface area (Å²) in [7, 11) is 3.40. The minimum absolute atomic E-state index is 0.0500. The smallest absolute Gasteiger partial charge is 0.203 e. The Labute approximate surface area is 144 Å². The average molecular weight is 354 g/mol. The lowest BCUT2D eigenvalue weighted by molar-refractivity contribution is 0.374. The van der Waals surface area contributed by atoms with Crippen LogP contribution in [0.2, 0.25) is 5.02 Å². The molecule has 1 aromatic heterocycles. The lowest BCUT2D eigenvalue weighted by Crippen LogP contribution is -2.18. The van der Waals surface area contributed by atoms with Gasteiger partial charge in [0, 0.05) is 12.6 Å². The van der Waals surface area contributed by atoms with Crippen molar-refractivity contribution in [2.45, 2.75) is 38.1 Å². The predicted octanol–water partition coefficient (Wildman–Crippen LogP) is 3.75. The minimum Gasteiger partial charge on any atom is -0.503 e. The predicted molar refractivity (Wildman–Crippen MR) is 92.2 cm³/mol. The van der Waals surface area contributed by atoms with Gasteiger partial charge in [0.1, 0.15) is 5.01 Å². The molecule has 1 saturated carbocycles. The van der Waals surface area contributed by atoms with Crippen LogP contribution >= 0.6 is 22.9 Å². The van der Waals surface area contributed by atoms with Crippen LogP contribution in [-0.4, -0.2) is 28.0 Å². The normalized spacial score (nSPS) is 16.7. The van der Waals surface area contributed by atoms with Crippen LogP contribution in [0.1, 0.15) is 32.1 Å². The van der Waals surface area contributed by atoms with E-state index in [4.69, 9.17) is 21.3 Å². The van der Waals surface area contributed by atoms with Gasteiger partial charge in [-0.1, -0.05) is 42.2 Å². The van der Waals surface area contributed by atoms with Crippen molar-refractivity contribution in [3.05, 3.63) is 22.0 Å². The van der Waals surface area contributed by atoms with Crippen molar-refractivity contribution < 1.29 is 9.84 Å². The van der Waals surface area contributed by atoms with E-state index in [0.717, 1.165) is 28.2 Å². The molecule has 0 bridgehead atoms. The number of aromatic nitrogens is 2. The van der Waals surface area contributed by atoms with Gasteiger partial charge >= 0.3 is 0 Å². The van der Waals surface area contributed by atoms with Gasteiger partial charge in [-0.2, -0.15) is 5.10 Å². The van der Waals surface area contributed by atoms with Gasteiger partial charge in [0.25, 0.3) is 0 Å². The second-order valence-electron chi connectivity index (χ2n) is 5.74. The number of phenolic OH excluding ortho intramolecular Hbond substituents is 1. The maximum atomic E-state index is 9.85. The van der Waals surface area contributed by atoms with Gasteiger partial charge in [-0.05, 0) is 25.0 Å². The minimum atomic E-state index is -0.0500. The van der Waals surface area contributed by atoms with Gasteiger partial charge in [-0.3, -0.25) is 4.99 Å². The van der Waals surface area contributed by atoms with Gasteiger partial charge < -0.3 is 9.84 Å². The Bertz CT molecular complexity index is 763. The fourth-order valence-corrected chi connectivity index (χ4v) is 3.96. The molecule has 1 N–H and O–H groups in total. The van der Waals surface area contributed by atoms with E-state index in [0.29, 0.717) is 11.8 Å². The third-order valence-corrected chi connectivity index (χ3v) is 5.42. The van der Waals surface area contributed by atoms with Crippen LogP contribution in [0.3, 0.4) is 0 Å². The van der Waals surface area contributed by atoms with Gasteiger partial charge in [-0.15, -0.1) is 0 Å². The Balaban J connectivity index is 1.97. The lowest BCUT2D eigenvalue weighted by atomic mass is 9.96. The molecule has 3 rings (SSSR count). The molecule has 0 amide bonds. The van der Waals surface area contributed by atoms with Crippen molar-refractivity contribution in [2.24, 2.45) is 12.0 Å². The number of hydrogen-bond acceptors (Lipinski definition) is 5. The molecule has 0 saturated heterocycles. The van der Waals surface area contributed by atoms with Crippen LogP contribution in [-0.2, 0) is 7.05 Å². The monoisotopic (exact) mass is 353 g/mol. The molecule has 0 unspecified atom stereocenters. The molecule has 23 heavy (non-hydrogen) atoms. The summed E-state index contributed by atoms with van der Waals surface area (Å²) in [6.07, 6.45) is 6.15. The summed E-state index contributed by atoms with van der Waals surface area (Å²) in [4.78, 5) is 5.76. The van der Waals surface area contributed by atoms with Crippen LogP contribution in [0.4, 0.5) is 0 Å². The van der Waals surface area contributed by atoms with Gasteiger partial charge in [0.2, 0.25) is 4.80 Å². The molecule has 0 radical (unpaired) electrons. The summed E-state index contributed by atoms with van der Waals surface area (Å²) in [6, 6.07) is 3.84. The Morgan fingerprint density at radius 3 is 2.78 bits per heavy atom. The van der Waals surface area contributed by atoms with Gasteiger partial charge in [-0.25, -0.2) is 4.68 Å². The molecular formula is C16H20ClN3O2S. The summed E-state index contributed by atoms with van der Waals surface area (Å²) < 4.78 is 6.97. The third kappa shape index (κ3) is 3.53. The first kappa shape index (κ1) is 16.3. The van der Waals surface area contributed by atoms with Crippen LogP contribution < -0.4 is 9.54 Å². The molecule has 1 aromatic carbocycles. The highest BCUT2D eigenvalue weighted by Gasteiger charge is 2.15. The number of methoxy groups -OCH3 is 1. The first-order chi connectivity index (χ1) is 11.1. The first-order valence-electron chi connectivity index (χ1n) is 7.73. The van der Waals surface area contributed by atoms with Crippen molar-refractivity contribution in [2.75, 3.05) is 7.11 Å². The summed E-state index contributed by atoms with van der Waals surface area (Å²) in [6.45, 7) is 0. The summed E-state index contributed by atoms with van der Waals surface area (Å²) in [5, 5.41) is 15.4. The summed E-state index contributed by atoms with van der Waals surface area (Å²) >= 11 is 7.60. The van der Waals surface area contributed by atoms with Crippen LogP contribution in [0.15, 0.2) is 17.1 Å². The second kappa shape index (κ2) is 6.93. The number of halogens is 1. The highest BCUT2D eigenvalue weighted by molar-refractivity contribution is 7.12. The Hall–Kier alpha value is -1.53. The van der Waals surface area contributed by atoms with E-state index in [-0.39, 0.29) is 10.8 Å². The van der Waals surface area contributed by atoms with E-state index in [1.54, 1.807) is 12.1 Å². The highest BCUT2D eigenvalue weighted by atomic mass is 35.5. The molecule has 1 aliphatic carbocycles. The van der Waals surface area contributed by atoms with Crippen LogP contribution in [0.5, 0.6) is 11.5 Å². The lowest BCUT2D eigenvalue weighted by Gasteiger charge is -2.16. The van der Waals surface area contributed by atoms with E-state index >= 15 is 0 Å². The van der Waals surface area contributed by atoms with Crippen LogP contribution in [0, 0.1) is 0 Å². The fraction of sp³-hybridized carbons (Fsp3) is 0.500. The van der Waals surface area contributed by atoms with Crippen molar-refractivity contribution in [3.63, 3.8) is 0 Å². The van der Waals surface area contributed by atoms with Gasteiger partial charge in [0.05, 0.1) is 18.2 Å². The number of aromatic hydroxyl groups is 1. The largest absolute Gasteiger partial charge is 0.503 e. The number of benzene rings is 1. The molecule has 124 valence electrons. The number of rotatable bonds is 3. The number of phenols is 1. The molecule has 1 heterocycles. The number of aryl methyl sites for hydroxylation is 1. The number of nitrogens with zero attached hydrogens (tertiary/aromatic N) is 3. The van der Waals surface area contributed by atoms with Crippen LogP contribution in [0.25, 0.3) is 10.6 Å². The summed E-state index contributed by atoms with van der Waals surface area (Å²) in [5.41, 5.74) is 0.815. The molecule has 2 aromatic rings. The molecule has 7 heteroatoms. The first-order valence-corrected chi connectivity index (χ1v) is 8.93. The standard InChI is InChI=1S/C16H20ClN3O2S/c1-20-16(18-11-6-4-3-5-7-11)23-15(19-20)10-8-12(17)14(21)13(9-10)22-2/h8-9,11,21H,3-7H2,1-2H3. The van der Waals surface area contributed by atoms with Gasteiger partial charge in [0.15, 0.2) is 11.5 Å². The quantitative estimate of drug-likeness (QED) is 0.914. The average Bonchev–Trinajstić information content (AvgIpc) is 2.92. The Morgan fingerprint density at radius 1 is 1.35 bits per heavy atom. The second-order valence-corrected chi connectivity index (χ2v) is 7.11. The zero-order valence-corrected chi connectivity index (χ0v) is 14.8. The van der Waals surface area contributed by atoms with E-state index in [1.165, 1.54) is 37.7 Å². The molecule has 1 aliphatic rings. The summed E-state index contributed by atoms with van der Waals surface area (Å²) in [5.74, 6) is 0.294. The highest BCUT2D eigenvalue weighted by Crippen LogP contribution is 2.38. The van der Waals surface area contributed by atoms with Crippen molar-refractivity contribution in [1.29, 1.82) is 0 Å². The Kier molecular flexibility index (Phi) is 4.92. The Morgan fingerprint density at radius 2 is 2.09 bits per heavy atom. The zero-order valence-electron chi connectivity index (χ0n) is 13.3. The maximum absolute atomic E-state index is 9.85.